The highest BCUT2D eigenvalue weighted by Gasteiger charge is 2.30. The number of rotatable bonds is 78. The number of carbonyl (C=O) groups excluding carboxylic acids is 4. The first-order valence-corrected chi connectivity index (χ1v) is 44.0. The van der Waals surface area contributed by atoms with E-state index >= 15 is 0 Å². The number of aliphatic hydroxyl groups is 1. The van der Waals surface area contributed by atoms with Gasteiger partial charge in [-0.1, -0.05) is 363 Å². The highest BCUT2D eigenvalue weighted by atomic mass is 31.2. The van der Waals surface area contributed by atoms with E-state index in [2.05, 4.69) is 41.5 Å². The molecule has 0 saturated carbocycles. The van der Waals surface area contributed by atoms with Gasteiger partial charge in [0.2, 0.25) is 0 Å². The van der Waals surface area contributed by atoms with Crippen LogP contribution in [-0.2, 0) is 65.4 Å². The van der Waals surface area contributed by atoms with Gasteiger partial charge in [0, 0.05) is 25.7 Å². The summed E-state index contributed by atoms with van der Waals surface area (Å²) in [7, 11) is -9.91. The summed E-state index contributed by atoms with van der Waals surface area (Å²) >= 11 is 0. The summed E-state index contributed by atoms with van der Waals surface area (Å²) in [5, 5.41) is 10.6. The Morgan fingerprint density at radius 1 is 0.296 bits per heavy atom. The van der Waals surface area contributed by atoms with Crippen molar-refractivity contribution in [2.75, 3.05) is 39.6 Å². The molecule has 0 amide bonds. The molecule has 3 N–H and O–H groups in total. The van der Waals surface area contributed by atoms with Crippen LogP contribution in [0, 0.1) is 11.8 Å². The van der Waals surface area contributed by atoms with Gasteiger partial charge in [0.05, 0.1) is 26.4 Å². The standard InChI is InChI=1S/C79H154O17P2/c1-7-10-12-14-16-18-20-22-24-25-26-27-28-29-30-31-33-35-37-44-51-57-63-78(83)95-74(67-89-76(81)61-55-49-43-36-34-32-23-21-19-17-15-13-11-8-2)69-93-97(85,86)91-65-73(80)66-92-98(87,88)94-70-75(68-90-77(82)62-56-50-46-40-41-47-53-59-71(4)5)96-79(84)64-58-52-45-39-38-42-48-54-60-72(6)9-3/h71-75,80H,7-70H2,1-6H3,(H,85,86)(H,87,88)/t72?,73-,74-,75-/m1/s1. The quantitative estimate of drug-likeness (QED) is 0.0222. The zero-order valence-corrected chi connectivity index (χ0v) is 65.9. The average Bonchev–Trinajstić information content (AvgIpc) is 1.33. The van der Waals surface area contributed by atoms with Gasteiger partial charge in [-0.3, -0.25) is 37.3 Å². The lowest BCUT2D eigenvalue weighted by Crippen LogP contribution is -2.30. The Morgan fingerprint density at radius 3 is 0.776 bits per heavy atom. The molecule has 0 fully saturated rings. The van der Waals surface area contributed by atoms with E-state index in [0.29, 0.717) is 31.6 Å². The second-order valence-electron chi connectivity index (χ2n) is 29.2. The van der Waals surface area contributed by atoms with E-state index in [1.54, 1.807) is 0 Å². The van der Waals surface area contributed by atoms with Crippen LogP contribution in [0.5, 0.6) is 0 Å². The minimum absolute atomic E-state index is 0.104. The fourth-order valence-corrected chi connectivity index (χ4v) is 13.7. The lowest BCUT2D eigenvalue weighted by Gasteiger charge is -2.21. The molecule has 0 aliphatic carbocycles. The summed E-state index contributed by atoms with van der Waals surface area (Å²) in [6.07, 6.45) is 59.9. The molecule has 0 aromatic heterocycles. The Balaban J connectivity index is 5.20. The minimum atomic E-state index is -4.96. The van der Waals surface area contributed by atoms with E-state index in [1.165, 1.54) is 225 Å². The summed E-state index contributed by atoms with van der Waals surface area (Å²) in [6, 6.07) is 0. The number of carbonyl (C=O) groups is 4. The first-order valence-electron chi connectivity index (χ1n) is 41.0. The van der Waals surface area contributed by atoms with Crippen LogP contribution in [0.2, 0.25) is 0 Å². The Hall–Kier alpha value is -1.94. The third kappa shape index (κ3) is 71.1. The molecule has 0 rings (SSSR count). The third-order valence-electron chi connectivity index (χ3n) is 18.8. The number of unbranched alkanes of at least 4 members (excludes halogenated alkanes) is 47. The molecule has 17 nitrogen and oxygen atoms in total. The summed E-state index contributed by atoms with van der Waals surface area (Å²) in [5.74, 6) is -0.641. The lowest BCUT2D eigenvalue weighted by atomic mass is 9.99. The molecule has 0 heterocycles. The molecule has 6 atom stereocenters. The van der Waals surface area contributed by atoms with Crippen LogP contribution in [-0.4, -0.2) is 96.7 Å². The highest BCUT2D eigenvalue weighted by Crippen LogP contribution is 2.45. The number of ether oxygens (including phenoxy) is 4. The zero-order chi connectivity index (χ0) is 72.1. The molecular weight excluding hydrogens is 1280 g/mol. The Labute approximate surface area is 600 Å². The normalized spacial score (nSPS) is 14.2. The largest absolute Gasteiger partial charge is 0.472 e. The number of hydrogen-bond acceptors (Lipinski definition) is 15. The lowest BCUT2D eigenvalue weighted by molar-refractivity contribution is -0.161. The molecule has 0 saturated heterocycles. The summed E-state index contributed by atoms with van der Waals surface area (Å²) in [5.41, 5.74) is 0. The van der Waals surface area contributed by atoms with Crippen LogP contribution >= 0.6 is 15.6 Å². The van der Waals surface area contributed by atoms with Crippen molar-refractivity contribution in [3.8, 4) is 0 Å². The molecule has 582 valence electrons. The topological polar surface area (TPSA) is 237 Å². The van der Waals surface area contributed by atoms with Crippen molar-refractivity contribution < 1.29 is 80.2 Å². The predicted molar refractivity (Wildman–Crippen MR) is 400 cm³/mol. The van der Waals surface area contributed by atoms with Crippen molar-refractivity contribution >= 4 is 39.5 Å². The van der Waals surface area contributed by atoms with Crippen LogP contribution in [0.25, 0.3) is 0 Å². The maximum atomic E-state index is 13.1. The van der Waals surface area contributed by atoms with Gasteiger partial charge in [0.1, 0.15) is 19.3 Å². The van der Waals surface area contributed by atoms with E-state index in [4.69, 9.17) is 37.0 Å². The first kappa shape index (κ1) is 96.1. The molecule has 0 aromatic carbocycles. The molecule has 19 heteroatoms. The van der Waals surface area contributed by atoms with Gasteiger partial charge in [0.25, 0.3) is 0 Å². The van der Waals surface area contributed by atoms with E-state index in [0.717, 1.165) is 102 Å². The van der Waals surface area contributed by atoms with Gasteiger partial charge in [0.15, 0.2) is 12.2 Å². The Kier molecular flexibility index (Phi) is 69.3. The van der Waals surface area contributed by atoms with Gasteiger partial charge in [-0.2, -0.15) is 0 Å². The fourth-order valence-electron chi connectivity index (χ4n) is 12.2. The Morgan fingerprint density at radius 2 is 0.520 bits per heavy atom. The summed E-state index contributed by atoms with van der Waals surface area (Å²) in [6.45, 7) is 9.55. The number of aliphatic hydroxyl groups excluding tert-OH is 1. The maximum Gasteiger partial charge on any atom is 0.472 e. The van der Waals surface area contributed by atoms with Crippen LogP contribution < -0.4 is 0 Å². The molecule has 0 aromatic rings. The van der Waals surface area contributed by atoms with E-state index in [1.807, 2.05) is 0 Å². The Bertz CT molecular complexity index is 1890. The van der Waals surface area contributed by atoms with Crippen LogP contribution in [0.4, 0.5) is 0 Å². The molecule has 0 spiro atoms. The second kappa shape index (κ2) is 70.7. The highest BCUT2D eigenvalue weighted by molar-refractivity contribution is 7.47. The van der Waals surface area contributed by atoms with Gasteiger partial charge in [-0.05, 0) is 37.5 Å². The predicted octanol–water partition coefficient (Wildman–Crippen LogP) is 23.5. The van der Waals surface area contributed by atoms with Crippen molar-refractivity contribution in [3.05, 3.63) is 0 Å². The minimum Gasteiger partial charge on any atom is -0.462 e. The van der Waals surface area contributed by atoms with Crippen molar-refractivity contribution in [3.63, 3.8) is 0 Å². The van der Waals surface area contributed by atoms with E-state index in [-0.39, 0.29) is 25.7 Å². The van der Waals surface area contributed by atoms with Crippen molar-refractivity contribution in [1.29, 1.82) is 0 Å². The van der Waals surface area contributed by atoms with Crippen LogP contribution in [0.15, 0.2) is 0 Å². The van der Waals surface area contributed by atoms with E-state index < -0.39 is 97.5 Å². The molecule has 0 aliphatic heterocycles. The van der Waals surface area contributed by atoms with Crippen molar-refractivity contribution in [2.45, 2.75) is 432 Å². The van der Waals surface area contributed by atoms with E-state index in [9.17, 15) is 43.2 Å². The molecule has 0 aliphatic rings. The van der Waals surface area contributed by atoms with Crippen LogP contribution in [0.3, 0.4) is 0 Å². The number of phosphoric acid groups is 2. The average molecular weight is 1440 g/mol. The molecule has 0 radical (unpaired) electrons. The molecule has 98 heavy (non-hydrogen) atoms. The van der Waals surface area contributed by atoms with Gasteiger partial charge in [-0.25, -0.2) is 9.13 Å². The zero-order valence-electron chi connectivity index (χ0n) is 64.1. The summed E-state index contributed by atoms with van der Waals surface area (Å²) in [4.78, 5) is 72.9. The first-order chi connectivity index (χ1) is 47.4. The van der Waals surface area contributed by atoms with Crippen molar-refractivity contribution in [2.24, 2.45) is 11.8 Å². The monoisotopic (exact) mass is 1440 g/mol. The molecule has 0 bridgehead atoms. The van der Waals surface area contributed by atoms with Crippen molar-refractivity contribution in [1.82, 2.24) is 0 Å². The number of hydrogen-bond donors (Lipinski definition) is 3. The molecule has 3 unspecified atom stereocenters. The number of phosphoric ester groups is 2. The number of esters is 4. The smallest absolute Gasteiger partial charge is 0.462 e. The second-order valence-corrected chi connectivity index (χ2v) is 32.1. The molecular formula is C79H154O17P2. The maximum absolute atomic E-state index is 13.1. The summed E-state index contributed by atoms with van der Waals surface area (Å²) < 4.78 is 68.6. The fraction of sp³-hybridized carbons (Fsp3) is 0.949. The van der Waals surface area contributed by atoms with Gasteiger partial charge < -0.3 is 33.8 Å². The van der Waals surface area contributed by atoms with Gasteiger partial charge >= 0.3 is 39.5 Å². The van der Waals surface area contributed by atoms with Crippen LogP contribution in [0.1, 0.15) is 414 Å². The van der Waals surface area contributed by atoms with Gasteiger partial charge in [-0.15, -0.1) is 0 Å². The SMILES string of the molecule is CCCCCCCCCCCCCCCCCCCCCCCCC(=O)O[C@H](COC(=O)CCCCCCCCCCCCCCCC)COP(=O)(O)OC[C@@H](O)COP(=O)(O)OC[C@@H](COC(=O)CCCCCCCCCC(C)C)OC(=O)CCCCCCCCCCC(C)CC. The third-order valence-corrected chi connectivity index (χ3v) is 20.7.